The number of fused-ring (bicyclic) bond motifs is 2. The number of rotatable bonds is 0. The average molecular weight is 716 g/mol. The van der Waals surface area contributed by atoms with Gasteiger partial charge in [-0.1, -0.05) is 0 Å². The van der Waals surface area contributed by atoms with Crippen molar-refractivity contribution < 1.29 is 9.52 Å². The van der Waals surface area contributed by atoms with Crippen LogP contribution in [0.1, 0.15) is 0 Å². The lowest BCUT2D eigenvalue weighted by Crippen LogP contribution is -2.11. The van der Waals surface area contributed by atoms with Gasteiger partial charge < -0.3 is 9.52 Å². The summed E-state index contributed by atoms with van der Waals surface area (Å²) in [7, 11) is 0. The van der Waals surface area contributed by atoms with Crippen LogP contribution in [0.5, 0.6) is 5.75 Å². The van der Waals surface area contributed by atoms with E-state index in [-0.39, 0.29) is 11.2 Å². The molecule has 0 bridgehead atoms. The van der Waals surface area contributed by atoms with E-state index in [1.165, 1.54) is 0 Å². The lowest BCUT2D eigenvalue weighted by molar-refractivity contribution is 0.463. The number of phenolic OH excluding ortho intramolecular Hbond substituents is 1. The molecule has 7 heteroatoms. The van der Waals surface area contributed by atoms with Gasteiger partial charge in [0, 0.05) is 8.96 Å². The van der Waals surface area contributed by atoms with E-state index in [9.17, 15) is 9.90 Å². The van der Waals surface area contributed by atoms with E-state index in [2.05, 4.69) is 45.2 Å². The molecule has 0 fully saturated rings. The van der Waals surface area contributed by atoms with E-state index in [0.717, 1.165) is 18.1 Å². The summed E-state index contributed by atoms with van der Waals surface area (Å²) in [5, 5.41) is 10.9. The molecule has 1 aromatic carbocycles. The number of hydrogen-bond donors (Lipinski definition) is 1. The molecule has 0 amide bonds. The topological polar surface area (TPSA) is 50.4 Å². The third kappa shape index (κ3) is 2.45. The van der Waals surface area contributed by atoms with E-state index < -0.39 is 0 Å². The third-order valence-electron chi connectivity index (χ3n) is 2.84. The predicted molar refractivity (Wildman–Crippen MR) is 112 cm³/mol. The minimum Gasteiger partial charge on any atom is -0.505 e. The summed E-state index contributed by atoms with van der Waals surface area (Å²) in [5.41, 5.74) is 1.04. The van der Waals surface area contributed by atoms with Crippen LogP contribution < -0.4 is 5.43 Å². The number of aromatic hydroxyl groups is 1. The molecule has 3 nitrogen and oxygen atoms in total. The summed E-state index contributed by atoms with van der Waals surface area (Å²) in [4.78, 5) is 12.3. The molecular weight excluding hydrogens is 712 g/mol. The fourth-order valence-corrected chi connectivity index (χ4v) is 5.68. The van der Waals surface area contributed by atoms with Crippen LogP contribution in [0, 0.1) is 14.3 Å². The van der Waals surface area contributed by atoms with Crippen LogP contribution in [0.15, 0.2) is 27.4 Å². The summed E-state index contributed by atoms with van der Waals surface area (Å²) in [6.45, 7) is 0. The highest BCUT2D eigenvalue weighted by molar-refractivity contribution is 14.1. The van der Waals surface area contributed by atoms with Gasteiger partial charge in [0.05, 0.1) is 12.7 Å². The molecule has 20 heavy (non-hydrogen) atoms. The molecule has 1 heterocycles. The first-order valence-electron chi connectivity index (χ1n) is 5.32. The highest BCUT2D eigenvalue weighted by atomic mass is 127. The Morgan fingerprint density at radius 3 is 2.40 bits per heavy atom. The summed E-state index contributed by atoms with van der Waals surface area (Å²) in [6, 6.07) is 5.83. The zero-order valence-electron chi connectivity index (χ0n) is 9.51. The molecule has 0 spiro atoms. The van der Waals surface area contributed by atoms with Crippen molar-refractivity contribution in [2.24, 2.45) is 0 Å². The largest absolute Gasteiger partial charge is 0.505 e. The predicted octanol–water partition coefficient (Wildman–Crippen LogP) is 5.02. The first kappa shape index (κ1) is 15.5. The molecule has 0 aromatic heterocycles. The summed E-state index contributed by atoms with van der Waals surface area (Å²) < 4.78 is 8.86. The van der Waals surface area contributed by atoms with E-state index in [1.54, 1.807) is 0 Å². The van der Waals surface area contributed by atoms with Crippen molar-refractivity contribution >= 4 is 101 Å². The molecule has 102 valence electrons. The van der Waals surface area contributed by atoms with Crippen LogP contribution >= 0.6 is 90.4 Å². The smallest absolute Gasteiger partial charge is 0.206 e. The van der Waals surface area contributed by atoms with Crippen LogP contribution in [0.2, 0.25) is 0 Å². The van der Waals surface area contributed by atoms with Crippen LogP contribution in [0.25, 0.3) is 22.3 Å². The standard InChI is InChI=1S/C13H4I4O3/c14-5-1-4-2-6-10(18)8(16)11(19)9(17)13(6)20-12(4)7(15)3-5/h1-3,19H. The lowest BCUT2D eigenvalue weighted by Gasteiger charge is -2.12. The Labute approximate surface area is 168 Å². The monoisotopic (exact) mass is 716 g/mol. The number of halogens is 4. The molecule has 0 radical (unpaired) electrons. The van der Waals surface area contributed by atoms with Crippen molar-refractivity contribution in [1.29, 1.82) is 0 Å². The Morgan fingerprint density at radius 2 is 1.70 bits per heavy atom. The molecule has 0 unspecified atom stereocenters. The van der Waals surface area contributed by atoms with Gasteiger partial charge in [-0.05, 0) is 109 Å². The van der Waals surface area contributed by atoms with E-state index in [0.29, 0.717) is 18.5 Å². The van der Waals surface area contributed by atoms with Crippen LogP contribution in [-0.2, 0) is 0 Å². The number of benzene rings is 2. The van der Waals surface area contributed by atoms with Crippen LogP contribution in [0.3, 0.4) is 0 Å². The fraction of sp³-hybridized carbons (Fsp3) is 0. The highest BCUT2D eigenvalue weighted by Gasteiger charge is 2.22. The second-order valence-electron chi connectivity index (χ2n) is 4.10. The van der Waals surface area contributed by atoms with Crippen LogP contribution in [0.4, 0.5) is 0 Å². The van der Waals surface area contributed by atoms with Gasteiger partial charge in [-0.3, -0.25) is 4.79 Å². The molecule has 1 aliphatic carbocycles. The van der Waals surface area contributed by atoms with Gasteiger partial charge in [0.15, 0.2) is 5.76 Å². The Bertz CT molecular complexity index is 885. The van der Waals surface area contributed by atoms with E-state index >= 15 is 0 Å². The molecule has 1 aromatic rings. The maximum absolute atomic E-state index is 12.3. The zero-order valence-corrected chi connectivity index (χ0v) is 18.1. The van der Waals surface area contributed by atoms with E-state index in [1.807, 2.05) is 63.4 Å². The molecule has 3 rings (SSSR count). The molecule has 1 aliphatic heterocycles. The Morgan fingerprint density at radius 1 is 1.00 bits per heavy atom. The van der Waals surface area contributed by atoms with Crippen molar-refractivity contribution in [3.8, 4) is 17.1 Å². The van der Waals surface area contributed by atoms with Crippen molar-refractivity contribution in [1.82, 2.24) is 0 Å². The maximum atomic E-state index is 12.3. The van der Waals surface area contributed by atoms with Gasteiger partial charge in [0.25, 0.3) is 0 Å². The number of hydrogen-bond acceptors (Lipinski definition) is 3. The molecule has 2 aliphatic rings. The zero-order chi connectivity index (χ0) is 14.6. The van der Waals surface area contributed by atoms with Crippen molar-refractivity contribution in [2.45, 2.75) is 0 Å². The normalized spacial score (nSPS) is 11.4. The second kappa shape index (κ2) is 5.68. The third-order valence-corrected chi connectivity index (χ3v) is 6.27. The van der Waals surface area contributed by atoms with Gasteiger partial charge in [0.2, 0.25) is 5.43 Å². The minimum absolute atomic E-state index is 0.00711. The average Bonchev–Trinajstić information content (AvgIpc) is 2.41. The SMILES string of the molecule is O=c1c2cc3cc(I)cc(I)c3oc-2c(I)c(O)c1I. The summed E-state index contributed by atoms with van der Waals surface area (Å²) >= 11 is 8.32. The Hall–Kier alpha value is 0.630. The van der Waals surface area contributed by atoms with Gasteiger partial charge >= 0.3 is 0 Å². The van der Waals surface area contributed by atoms with Gasteiger partial charge in [-0.25, -0.2) is 0 Å². The van der Waals surface area contributed by atoms with Crippen molar-refractivity contribution in [2.75, 3.05) is 0 Å². The first-order valence-corrected chi connectivity index (χ1v) is 9.64. The van der Waals surface area contributed by atoms with Crippen molar-refractivity contribution in [3.05, 3.63) is 42.7 Å². The van der Waals surface area contributed by atoms with Gasteiger partial charge in [-0.2, -0.15) is 0 Å². The quantitative estimate of drug-likeness (QED) is 0.263. The van der Waals surface area contributed by atoms with Crippen LogP contribution in [-0.4, -0.2) is 5.11 Å². The van der Waals surface area contributed by atoms with E-state index in [4.69, 9.17) is 4.42 Å². The lowest BCUT2D eigenvalue weighted by atomic mass is 10.1. The summed E-state index contributed by atoms with van der Waals surface area (Å²) in [5.74, 6) is 0.437. The molecule has 1 N–H and O–H groups in total. The molecule has 0 saturated carbocycles. The first-order chi connectivity index (χ1) is 9.40. The number of phenols is 1. The van der Waals surface area contributed by atoms with Gasteiger partial charge in [0.1, 0.15) is 14.9 Å². The highest BCUT2D eigenvalue weighted by Crippen LogP contribution is 2.37. The Kier molecular flexibility index (Phi) is 4.41. The fourth-order valence-electron chi connectivity index (χ4n) is 1.93. The molecule has 0 atom stereocenters. The maximum Gasteiger partial charge on any atom is 0.206 e. The molecular formula is C13H4I4O3. The second-order valence-corrected chi connectivity index (χ2v) is 8.67. The molecule has 0 saturated heterocycles. The van der Waals surface area contributed by atoms with Gasteiger partial charge in [-0.15, -0.1) is 0 Å². The Balaban J connectivity index is 2.59. The van der Waals surface area contributed by atoms with Crippen molar-refractivity contribution in [3.63, 3.8) is 0 Å². The summed E-state index contributed by atoms with van der Waals surface area (Å²) in [6.07, 6.45) is 0. The minimum atomic E-state index is -0.196.